The fourth-order valence-electron chi connectivity index (χ4n) is 4.22. The lowest BCUT2D eigenvalue weighted by Gasteiger charge is -2.54. The first kappa shape index (κ1) is 18.2. The molecule has 3 aliphatic rings. The standard InChI is InChI=1S/C18H29N3O4/c1-17(2,25)8-15(23)21-10-18(11-21)5-3-13(4-6-18)20-16(24)12-7-14(22)19-9-12/h12-13,25H,3-11H2,1-2H3,(H,19,22)(H,20,24). The third-order valence-electron chi connectivity index (χ3n) is 5.73. The van der Waals surface area contributed by atoms with Gasteiger partial charge in [0.25, 0.3) is 0 Å². The minimum atomic E-state index is -0.960. The predicted molar refractivity (Wildman–Crippen MR) is 91.4 cm³/mol. The van der Waals surface area contributed by atoms with Gasteiger partial charge in [0.15, 0.2) is 0 Å². The van der Waals surface area contributed by atoms with Crippen molar-refractivity contribution in [2.45, 2.75) is 64.0 Å². The van der Waals surface area contributed by atoms with Crippen molar-refractivity contribution in [3.05, 3.63) is 0 Å². The van der Waals surface area contributed by atoms with Crippen LogP contribution in [-0.4, -0.2) is 59.0 Å². The smallest absolute Gasteiger partial charge is 0.225 e. The van der Waals surface area contributed by atoms with E-state index in [4.69, 9.17) is 0 Å². The van der Waals surface area contributed by atoms with Crippen LogP contribution in [0.4, 0.5) is 0 Å². The zero-order valence-corrected chi connectivity index (χ0v) is 15.1. The molecule has 1 saturated carbocycles. The van der Waals surface area contributed by atoms with Crippen molar-refractivity contribution in [1.82, 2.24) is 15.5 Å². The van der Waals surface area contributed by atoms with Crippen LogP contribution in [0.5, 0.6) is 0 Å². The number of rotatable bonds is 4. The van der Waals surface area contributed by atoms with Crippen LogP contribution in [0.1, 0.15) is 52.4 Å². The van der Waals surface area contributed by atoms with Crippen LogP contribution in [0.2, 0.25) is 0 Å². The molecular formula is C18H29N3O4. The summed E-state index contributed by atoms with van der Waals surface area (Å²) < 4.78 is 0. The van der Waals surface area contributed by atoms with Gasteiger partial charge in [-0.1, -0.05) is 0 Å². The van der Waals surface area contributed by atoms with Crippen LogP contribution < -0.4 is 10.6 Å². The number of aliphatic hydroxyl groups is 1. The first-order valence-corrected chi connectivity index (χ1v) is 9.23. The third kappa shape index (κ3) is 4.32. The van der Waals surface area contributed by atoms with Gasteiger partial charge in [-0.2, -0.15) is 0 Å². The highest BCUT2D eigenvalue weighted by molar-refractivity contribution is 5.89. The topological polar surface area (TPSA) is 98.7 Å². The number of hydrogen-bond acceptors (Lipinski definition) is 4. The molecule has 3 fully saturated rings. The average molecular weight is 351 g/mol. The fourth-order valence-corrected chi connectivity index (χ4v) is 4.22. The van der Waals surface area contributed by atoms with E-state index in [1.165, 1.54) is 0 Å². The Morgan fingerprint density at radius 2 is 1.96 bits per heavy atom. The van der Waals surface area contributed by atoms with Gasteiger partial charge in [0.05, 0.1) is 17.9 Å². The Labute approximate surface area is 148 Å². The largest absolute Gasteiger partial charge is 0.390 e. The molecule has 1 spiro atoms. The summed E-state index contributed by atoms with van der Waals surface area (Å²) in [7, 11) is 0. The normalized spacial score (nSPS) is 26.3. The molecule has 0 radical (unpaired) electrons. The predicted octanol–water partition coefficient (Wildman–Crippen LogP) is 0.171. The van der Waals surface area contributed by atoms with Gasteiger partial charge in [-0.25, -0.2) is 0 Å². The number of carbonyl (C=O) groups is 3. The van der Waals surface area contributed by atoms with E-state index in [1.54, 1.807) is 13.8 Å². The zero-order valence-electron chi connectivity index (χ0n) is 15.1. The highest BCUT2D eigenvalue weighted by Gasteiger charge is 2.47. The molecule has 1 atom stereocenters. The molecule has 1 aliphatic carbocycles. The Morgan fingerprint density at radius 1 is 1.32 bits per heavy atom. The molecule has 2 aliphatic heterocycles. The number of nitrogens with zero attached hydrogens (tertiary/aromatic N) is 1. The molecule has 2 heterocycles. The van der Waals surface area contributed by atoms with Gasteiger partial charge in [-0.3, -0.25) is 14.4 Å². The summed E-state index contributed by atoms with van der Waals surface area (Å²) in [5, 5.41) is 15.6. The first-order chi connectivity index (χ1) is 11.7. The minimum Gasteiger partial charge on any atom is -0.390 e. The van der Waals surface area contributed by atoms with Crippen LogP contribution in [0.25, 0.3) is 0 Å². The van der Waals surface area contributed by atoms with Crippen LogP contribution in [-0.2, 0) is 14.4 Å². The molecule has 3 amide bonds. The molecule has 7 nitrogen and oxygen atoms in total. The molecule has 25 heavy (non-hydrogen) atoms. The van der Waals surface area contributed by atoms with E-state index >= 15 is 0 Å². The second-order valence-corrected chi connectivity index (χ2v) is 8.73. The first-order valence-electron chi connectivity index (χ1n) is 9.23. The van der Waals surface area contributed by atoms with Crippen LogP contribution in [0.15, 0.2) is 0 Å². The van der Waals surface area contributed by atoms with Crippen molar-refractivity contribution < 1.29 is 19.5 Å². The summed E-state index contributed by atoms with van der Waals surface area (Å²) in [6.07, 6.45) is 4.32. The number of nitrogens with one attached hydrogen (secondary N) is 2. The van der Waals surface area contributed by atoms with Gasteiger partial charge >= 0.3 is 0 Å². The van der Waals surface area contributed by atoms with Crippen molar-refractivity contribution in [3.63, 3.8) is 0 Å². The molecule has 0 bridgehead atoms. The third-order valence-corrected chi connectivity index (χ3v) is 5.73. The summed E-state index contributed by atoms with van der Waals surface area (Å²) in [6.45, 7) is 5.29. The summed E-state index contributed by atoms with van der Waals surface area (Å²) in [6, 6.07) is 0.176. The van der Waals surface area contributed by atoms with Gasteiger partial charge in [0.2, 0.25) is 17.7 Å². The minimum absolute atomic E-state index is 0.0186. The highest BCUT2D eigenvalue weighted by atomic mass is 16.3. The zero-order chi connectivity index (χ0) is 18.2. The van der Waals surface area contributed by atoms with E-state index in [0.29, 0.717) is 13.0 Å². The van der Waals surface area contributed by atoms with Crippen molar-refractivity contribution in [3.8, 4) is 0 Å². The molecule has 140 valence electrons. The number of carbonyl (C=O) groups excluding carboxylic acids is 3. The van der Waals surface area contributed by atoms with Crippen molar-refractivity contribution in [2.24, 2.45) is 11.3 Å². The summed E-state index contributed by atoms with van der Waals surface area (Å²) in [5.74, 6) is -0.281. The van der Waals surface area contributed by atoms with Crippen LogP contribution in [0, 0.1) is 11.3 Å². The van der Waals surface area contributed by atoms with Crippen LogP contribution >= 0.6 is 0 Å². The number of amides is 3. The van der Waals surface area contributed by atoms with E-state index in [1.807, 2.05) is 4.90 Å². The van der Waals surface area contributed by atoms with Crippen molar-refractivity contribution >= 4 is 17.7 Å². The Balaban J connectivity index is 1.40. The molecule has 3 N–H and O–H groups in total. The maximum atomic E-state index is 12.2. The van der Waals surface area contributed by atoms with Crippen LogP contribution in [0.3, 0.4) is 0 Å². The lowest BCUT2D eigenvalue weighted by molar-refractivity contribution is -0.150. The number of likely N-dealkylation sites (tertiary alicyclic amines) is 1. The van der Waals surface area contributed by atoms with E-state index < -0.39 is 5.60 Å². The Kier molecular flexibility index (Phi) is 4.79. The average Bonchev–Trinajstić information content (AvgIpc) is 2.90. The molecule has 0 aromatic carbocycles. The molecule has 1 unspecified atom stereocenters. The van der Waals surface area contributed by atoms with E-state index in [0.717, 1.165) is 38.8 Å². The quantitative estimate of drug-likeness (QED) is 0.672. The number of hydrogen-bond donors (Lipinski definition) is 3. The van der Waals surface area contributed by atoms with Gasteiger partial charge < -0.3 is 20.6 Å². The Bertz CT molecular complexity index is 553. The van der Waals surface area contributed by atoms with Gasteiger partial charge in [0, 0.05) is 37.5 Å². The SMILES string of the molecule is CC(C)(O)CC(=O)N1CC2(CCC(NC(=O)C3CNC(=O)C3)CC2)C1. The molecule has 3 rings (SSSR count). The summed E-state index contributed by atoms with van der Waals surface area (Å²) in [4.78, 5) is 37.4. The summed E-state index contributed by atoms with van der Waals surface area (Å²) >= 11 is 0. The monoisotopic (exact) mass is 351 g/mol. The van der Waals surface area contributed by atoms with Gasteiger partial charge in [-0.15, -0.1) is 0 Å². The lowest BCUT2D eigenvalue weighted by atomic mass is 9.67. The molecule has 0 aromatic rings. The van der Waals surface area contributed by atoms with Crippen molar-refractivity contribution in [1.29, 1.82) is 0 Å². The maximum Gasteiger partial charge on any atom is 0.225 e. The highest BCUT2D eigenvalue weighted by Crippen LogP contribution is 2.44. The molecule has 0 aromatic heterocycles. The van der Waals surface area contributed by atoms with E-state index in [9.17, 15) is 19.5 Å². The molecule has 7 heteroatoms. The molecule has 2 saturated heterocycles. The summed E-state index contributed by atoms with van der Waals surface area (Å²) in [5.41, 5.74) is -0.764. The second kappa shape index (κ2) is 6.59. The Morgan fingerprint density at radius 3 is 2.48 bits per heavy atom. The van der Waals surface area contributed by atoms with Crippen molar-refractivity contribution in [2.75, 3.05) is 19.6 Å². The molecular weight excluding hydrogens is 322 g/mol. The fraction of sp³-hybridized carbons (Fsp3) is 0.833. The maximum absolute atomic E-state index is 12.2. The van der Waals surface area contributed by atoms with E-state index in [2.05, 4.69) is 10.6 Å². The second-order valence-electron chi connectivity index (χ2n) is 8.73. The van der Waals surface area contributed by atoms with Gasteiger partial charge in [0.1, 0.15) is 0 Å². The van der Waals surface area contributed by atoms with Gasteiger partial charge in [-0.05, 0) is 39.5 Å². The Hall–Kier alpha value is -1.63. The van der Waals surface area contributed by atoms with E-state index in [-0.39, 0.29) is 41.5 Å². The lowest BCUT2D eigenvalue weighted by Crippen LogP contribution is -2.61.